The van der Waals surface area contributed by atoms with Gasteiger partial charge in [0.15, 0.2) is 0 Å². The van der Waals surface area contributed by atoms with E-state index >= 15 is 0 Å². The molecule has 2 aromatic carbocycles. The Hall–Kier alpha value is -2.20. The number of aryl methyl sites for hydroxylation is 1. The summed E-state index contributed by atoms with van der Waals surface area (Å²) in [4.78, 5) is 4.63. The molecule has 0 amide bonds. The fourth-order valence-corrected chi connectivity index (χ4v) is 3.16. The minimum atomic E-state index is -0.232. The highest BCUT2D eigenvalue weighted by atomic mass is 19.1. The van der Waals surface area contributed by atoms with Crippen molar-refractivity contribution in [1.29, 1.82) is 0 Å². The predicted molar refractivity (Wildman–Crippen MR) is 85.1 cm³/mol. The van der Waals surface area contributed by atoms with Gasteiger partial charge >= 0.3 is 0 Å². The van der Waals surface area contributed by atoms with Gasteiger partial charge in [0.1, 0.15) is 11.6 Å². The van der Waals surface area contributed by atoms with Gasteiger partial charge in [-0.2, -0.15) is 0 Å². The van der Waals surface area contributed by atoms with Crippen LogP contribution >= 0.6 is 0 Å². The Labute approximate surface area is 128 Å². The van der Waals surface area contributed by atoms with E-state index in [2.05, 4.69) is 46.1 Å². The molecular formula is C18H18FN3. The minimum Gasteiger partial charge on any atom is -0.313 e. The second-order valence-corrected chi connectivity index (χ2v) is 5.82. The lowest BCUT2D eigenvalue weighted by Gasteiger charge is -2.09. The van der Waals surface area contributed by atoms with Gasteiger partial charge in [-0.05, 0) is 36.1 Å². The molecule has 0 radical (unpaired) electrons. The topological polar surface area (TPSA) is 29.9 Å². The first-order valence-electron chi connectivity index (χ1n) is 7.71. The van der Waals surface area contributed by atoms with E-state index in [1.165, 1.54) is 23.3 Å². The van der Waals surface area contributed by atoms with E-state index in [-0.39, 0.29) is 11.9 Å². The lowest BCUT2D eigenvalue weighted by molar-refractivity contribution is 0.557. The number of rotatable bonds is 3. The van der Waals surface area contributed by atoms with Crippen molar-refractivity contribution in [2.45, 2.75) is 32.5 Å². The third kappa shape index (κ3) is 2.20. The predicted octanol–water partition coefficient (Wildman–Crippen LogP) is 3.58. The van der Waals surface area contributed by atoms with Gasteiger partial charge in [0.25, 0.3) is 0 Å². The van der Waals surface area contributed by atoms with Crippen LogP contribution in [-0.4, -0.2) is 9.55 Å². The fraction of sp³-hybridized carbons (Fsp3) is 0.278. The first-order valence-corrected chi connectivity index (χ1v) is 7.71. The Morgan fingerprint density at radius 2 is 1.95 bits per heavy atom. The van der Waals surface area contributed by atoms with Crippen LogP contribution in [0.5, 0.6) is 0 Å². The largest absolute Gasteiger partial charge is 0.313 e. The quantitative estimate of drug-likeness (QED) is 0.800. The van der Waals surface area contributed by atoms with Crippen LogP contribution in [0.25, 0.3) is 11.0 Å². The monoisotopic (exact) mass is 295 g/mol. The fourth-order valence-electron chi connectivity index (χ4n) is 3.16. The zero-order valence-corrected chi connectivity index (χ0v) is 12.5. The highest BCUT2D eigenvalue weighted by Crippen LogP contribution is 2.28. The molecule has 1 aromatic heterocycles. The molecule has 0 fully saturated rings. The van der Waals surface area contributed by atoms with Gasteiger partial charge in [0, 0.05) is 6.07 Å². The number of halogens is 1. The average Bonchev–Trinajstić information content (AvgIpc) is 3.07. The molecule has 2 heterocycles. The molecule has 1 N–H and O–H groups in total. The maximum Gasteiger partial charge on any atom is 0.128 e. The number of nitrogens with zero attached hydrogens (tertiary/aromatic N) is 2. The van der Waals surface area contributed by atoms with Crippen molar-refractivity contribution in [3.05, 3.63) is 65.2 Å². The molecule has 1 aliphatic heterocycles. The number of benzene rings is 2. The third-order valence-corrected chi connectivity index (χ3v) is 4.42. The van der Waals surface area contributed by atoms with Crippen molar-refractivity contribution in [1.82, 2.24) is 14.9 Å². The number of hydrogen-bond acceptors (Lipinski definition) is 2. The minimum absolute atomic E-state index is 0.183. The Kier molecular flexibility index (Phi) is 3.19. The van der Waals surface area contributed by atoms with Gasteiger partial charge in [0.2, 0.25) is 0 Å². The van der Waals surface area contributed by atoms with E-state index in [9.17, 15) is 4.39 Å². The van der Waals surface area contributed by atoms with E-state index in [4.69, 9.17) is 0 Å². The standard InChI is InChI=1S/C18H18FN3/c1-2-12-3-5-13(6-4-12)9-16-18-21-15-10-14(19)7-8-17(15)22(18)11-20-16/h3-8,10,16,20H,2,9,11H2,1H3. The maximum absolute atomic E-state index is 13.4. The van der Waals surface area contributed by atoms with Crippen molar-refractivity contribution in [3.8, 4) is 0 Å². The van der Waals surface area contributed by atoms with E-state index in [1.54, 1.807) is 6.07 Å². The molecule has 1 aliphatic rings. The Morgan fingerprint density at radius 1 is 1.18 bits per heavy atom. The van der Waals surface area contributed by atoms with Gasteiger partial charge in [-0.3, -0.25) is 5.32 Å². The Balaban J connectivity index is 1.64. The van der Waals surface area contributed by atoms with Crippen LogP contribution in [0.15, 0.2) is 42.5 Å². The van der Waals surface area contributed by atoms with Crippen LogP contribution in [0.2, 0.25) is 0 Å². The average molecular weight is 295 g/mol. The molecule has 3 aromatic rings. The summed E-state index contributed by atoms with van der Waals surface area (Å²) in [6.07, 6.45) is 1.96. The molecule has 4 heteroatoms. The van der Waals surface area contributed by atoms with E-state index in [0.717, 1.165) is 36.4 Å². The maximum atomic E-state index is 13.4. The van der Waals surface area contributed by atoms with Crippen LogP contribution in [0.3, 0.4) is 0 Å². The molecular weight excluding hydrogens is 277 g/mol. The molecule has 0 saturated heterocycles. The molecule has 0 aliphatic carbocycles. The van der Waals surface area contributed by atoms with Gasteiger partial charge in [-0.25, -0.2) is 9.37 Å². The lowest BCUT2D eigenvalue weighted by Crippen LogP contribution is -2.15. The zero-order chi connectivity index (χ0) is 15.1. The second kappa shape index (κ2) is 5.21. The molecule has 0 spiro atoms. The summed E-state index contributed by atoms with van der Waals surface area (Å²) in [7, 11) is 0. The van der Waals surface area contributed by atoms with E-state index in [0.29, 0.717) is 0 Å². The van der Waals surface area contributed by atoms with Crippen LogP contribution < -0.4 is 5.32 Å². The first-order chi connectivity index (χ1) is 10.7. The molecule has 4 rings (SSSR count). The summed E-state index contributed by atoms with van der Waals surface area (Å²) in [5.74, 6) is 0.768. The van der Waals surface area contributed by atoms with Crippen LogP contribution in [0.1, 0.15) is 29.9 Å². The summed E-state index contributed by atoms with van der Waals surface area (Å²) >= 11 is 0. The number of aromatic nitrogens is 2. The molecule has 3 nitrogen and oxygen atoms in total. The van der Waals surface area contributed by atoms with Crippen molar-refractivity contribution < 1.29 is 4.39 Å². The Bertz CT molecular complexity index is 820. The summed E-state index contributed by atoms with van der Waals surface area (Å²) in [6.45, 7) is 2.89. The smallest absolute Gasteiger partial charge is 0.128 e. The van der Waals surface area contributed by atoms with Crippen molar-refractivity contribution in [2.24, 2.45) is 0 Å². The van der Waals surface area contributed by atoms with Crippen molar-refractivity contribution in [2.75, 3.05) is 0 Å². The highest BCUT2D eigenvalue weighted by molar-refractivity contribution is 5.76. The Morgan fingerprint density at radius 3 is 2.73 bits per heavy atom. The number of imidazole rings is 1. The third-order valence-electron chi connectivity index (χ3n) is 4.42. The van der Waals surface area contributed by atoms with Gasteiger partial charge in [0.05, 0.1) is 23.7 Å². The van der Waals surface area contributed by atoms with Gasteiger partial charge in [-0.1, -0.05) is 31.2 Å². The summed E-state index contributed by atoms with van der Waals surface area (Å²) in [5.41, 5.74) is 4.38. The summed E-state index contributed by atoms with van der Waals surface area (Å²) in [5, 5.41) is 3.49. The number of nitrogens with one attached hydrogen (secondary N) is 1. The lowest BCUT2D eigenvalue weighted by atomic mass is 10.0. The molecule has 0 saturated carbocycles. The second-order valence-electron chi connectivity index (χ2n) is 5.82. The molecule has 0 bridgehead atoms. The molecule has 22 heavy (non-hydrogen) atoms. The van der Waals surface area contributed by atoms with Crippen molar-refractivity contribution in [3.63, 3.8) is 0 Å². The normalized spacial score (nSPS) is 17.1. The number of hydrogen-bond donors (Lipinski definition) is 1. The van der Waals surface area contributed by atoms with Crippen LogP contribution in [-0.2, 0) is 19.5 Å². The van der Waals surface area contributed by atoms with Crippen LogP contribution in [0, 0.1) is 5.82 Å². The molecule has 112 valence electrons. The summed E-state index contributed by atoms with van der Waals surface area (Å²) < 4.78 is 15.5. The van der Waals surface area contributed by atoms with Crippen molar-refractivity contribution >= 4 is 11.0 Å². The van der Waals surface area contributed by atoms with Gasteiger partial charge < -0.3 is 4.57 Å². The molecule has 1 unspecified atom stereocenters. The van der Waals surface area contributed by atoms with E-state index < -0.39 is 0 Å². The zero-order valence-electron chi connectivity index (χ0n) is 12.5. The summed E-state index contributed by atoms with van der Waals surface area (Å²) in [6, 6.07) is 13.7. The van der Waals surface area contributed by atoms with Crippen LogP contribution in [0.4, 0.5) is 4.39 Å². The van der Waals surface area contributed by atoms with E-state index in [1.807, 2.05) is 0 Å². The molecule has 1 atom stereocenters. The van der Waals surface area contributed by atoms with Gasteiger partial charge in [-0.15, -0.1) is 0 Å². The highest BCUT2D eigenvalue weighted by Gasteiger charge is 2.26. The number of fused-ring (bicyclic) bond motifs is 3. The SMILES string of the molecule is CCc1ccc(CC2NCn3c2nc2cc(F)ccc23)cc1. The first kappa shape index (κ1) is 13.5.